The van der Waals surface area contributed by atoms with Gasteiger partial charge < -0.3 is 29.2 Å². The predicted molar refractivity (Wildman–Crippen MR) is 193 cm³/mol. The number of aliphatic hydroxyl groups is 2. The molecule has 1 saturated carbocycles. The zero-order valence-corrected chi connectivity index (χ0v) is 32.3. The summed E-state index contributed by atoms with van der Waals surface area (Å²) in [5, 5.41) is 20.7. The highest BCUT2D eigenvalue weighted by molar-refractivity contribution is 6.37. The second kappa shape index (κ2) is 19.7. The number of ketones is 4. The van der Waals surface area contributed by atoms with Crippen LogP contribution in [0.5, 0.6) is 0 Å². The Kier molecular flexibility index (Phi) is 16.3. The van der Waals surface area contributed by atoms with Crippen LogP contribution < -0.4 is 0 Å². The van der Waals surface area contributed by atoms with Gasteiger partial charge >= 0.3 is 0 Å². The fraction of sp³-hybridized carbons (Fsp3) is 0.902. The van der Waals surface area contributed by atoms with Crippen molar-refractivity contribution in [1.29, 1.82) is 0 Å². The molecule has 4 fully saturated rings. The van der Waals surface area contributed by atoms with E-state index in [4.69, 9.17) is 18.9 Å². The summed E-state index contributed by atoms with van der Waals surface area (Å²) >= 11 is 0. The number of carbonyl (C=O) groups is 4. The zero-order valence-electron chi connectivity index (χ0n) is 32.3. The summed E-state index contributed by atoms with van der Waals surface area (Å²) in [6.07, 6.45) is 14.5. The number of carbonyl (C=O) groups excluding carboxylic acids is 4. The lowest BCUT2D eigenvalue weighted by molar-refractivity contribution is -0.142. The Morgan fingerprint density at radius 2 is 1.61 bits per heavy atom. The smallest absolute Gasteiger partial charge is 0.226 e. The van der Waals surface area contributed by atoms with E-state index in [2.05, 4.69) is 6.92 Å². The van der Waals surface area contributed by atoms with Gasteiger partial charge in [0, 0.05) is 39.2 Å². The van der Waals surface area contributed by atoms with Crippen LogP contribution in [0, 0.1) is 23.7 Å². The largest absolute Gasteiger partial charge is 0.392 e. The predicted octanol–water partition coefficient (Wildman–Crippen LogP) is 6.27. The highest BCUT2D eigenvalue weighted by atomic mass is 16.7. The van der Waals surface area contributed by atoms with E-state index in [0.717, 1.165) is 57.3 Å². The molecule has 0 aromatic rings. The summed E-state index contributed by atoms with van der Waals surface area (Å²) < 4.78 is 23.5. The van der Waals surface area contributed by atoms with Gasteiger partial charge in [-0.3, -0.25) is 19.2 Å². The Hall–Kier alpha value is -1.56. The molecule has 1 aliphatic carbocycles. The summed E-state index contributed by atoms with van der Waals surface area (Å²) in [5.41, 5.74) is -0.199. The normalized spacial score (nSPS) is 32.7. The molecule has 0 aromatic carbocycles. The number of unbranched alkanes of at least 4 members (excludes halogenated alkanes) is 3. The molecule has 10 heteroatoms. The molecular formula is C41H68O10. The van der Waals surface area contributed by atoms with Crippen LogP contribution in [0.15, 0.2) is 0 Å². The van der Waals surface area contributed by atoms with E-state index in [1.54, 1.807) is 14.0 Å². The lowest BCUT2D eigenvalue weighted by Crippen LogP contribution is -2.32. The molecule has 292 valence electrons. The van der Waals surface area contributed by atoms with Crippen LogP contribution in [0.4, 0.5) is 0 Å². The van der Waals surface area contributed by atoms with Crippen LogP contribution in [-0.2, 0) is 38.1 Å². The van der Waals surface area contributed by atoms with Crippen LogP contribution in [0.25, 0.3) is 0 Å². The number of rotatable bonds is 27. The second-order valence-electron chi connectivity index (χ2n) is 16.9. The van der Waals surface area contributed by atoms with Gasteiger partial charge in [-0.2, -0.15) is 0 Å². The van der Waals surface area contributed by atoms with Crippen molar-refractivity contribution in [2.45, 2.75) is 205 Å². The minimum absolute atomic E-state index is 0.0416. The topological polar surface area (TPSA) is 156 Å². The first-order chi connectivity index (χ1) is 24.2. The highest BCUT2D eigenvalue weighted by Gasteiger charge is 2.68. The molecule has 0 amide bonds. The SMILES string of the molecule is CO[C@H]1CCC[C@@H](CCCCC(=O)CCC(C)[C@@H](O)CC(=O)[C@H](C)CCC2OC2C2OC2C2OC2(C)CCCCC[C@@H](C)[C@H](O)C(=O)C(C)=O)C1. The number of epoxide rings is 3. The Morgan fingerprint density at radius 3 is 2.33 bits per heavy atom. The van der Waals surface area contributed by atoms with Crippen LogP contribution in [-0.4, -0.2) is 94.9 Å². The van der Waals surface area contributed by atoms with E-state index in [1.165, 1.54) is 32.6 Å². The average molecular weight is 721 g/mol. The van der Waals surface area contributed by atoms with Crippen molar-refractivity contribution in [3.63, 3.8) is 0 Å². The van der Waals surface area contributed by atoms with Crippen molar-refractivity contribution < 1.29 is 48.3 Å². The fourth-order valence-electron chi connectivity index (χ4n) is 8.30. The van der Waals surface area contributed by atoms with Crippen molar-refractivity contribution in [3.05, 3.63) is 0 Å². The van der Waals surface area contributed by atoms with E-state index < -0.39 is 23.8 Å². The van der Waals surface area contributed by atoms with E-state index in [-0.39, 0.29) is 71.9 Å². The molecule has 3 aliphatic heterocycles. The lowest BCUT2D eigenvalue weighted by atomic mass is 9.83. The minimum atomic E-state index is -1.21. The summed E-state index contributed by atoms with van der Waals surface area (Å²) in [5.74, 6) is -0.752. The third kappa shape index (κ3) is 13.1. The van der Waals surface area contributed by atoms with Crippen LogP contribution in [0.1, 0.15) is 150 Å². The summed E-state index contributed by atoms with van der Waals surface area (Å²) in [4.78, 5) is 48.3. The highest BCUT2D eigenvalue weighted by Crippen LogP contribution is 2.53. The maximum Gasteiger partial charge on any atom is 0.226 e. The number of ether oxygens (including phenoxy) is 4. The van der Waals surface area contributed by atoms with Gasteiger partial charge in [-0.15, -0.1) is 0 Å². The van der Waals surface area contributed by atoms with Gasteiger partial charge in [0.05, 0.1) is 23.9 Å². The Balaban J connectivity index is 1.00. The lowest BCUT2D eigenvalue weighted by Gasteiger charge is -2.28. The number of aliphatic hydroxyl groups excluding tert-OH is 2. The van der Waals surface area contributed by atoms with E-state index >= 15 is 0 Å². The van der Waals surface area contributed by atoms with Crippen molar-refractivity contribution >= 4 is 23.1 Å². The molecule has 3 saturated heterocycles. The molecule has 0 radical (unpaired) electrons. The third-order valence-corrected chi connectivity index (χ3v) is 12.5. The number of Topliss-reactive ketones (excluding diaryl/α,β-unsaturated/α-hetero) is 4. The Morgan fingerprint density at radius 1 is 0.843 bits per heavy atom. The first-order valence-corrected chi connectivity index (χ1v) is 20.2. The molecule has 51 heavy (non-hydrogen) atoms. The molecular weight excluding hydrogens is 652 g/mol. The van der Waals surface area contributed by atoms with Crippen LogP contribution in [0.3, 0.4) is 0 Å². The van der Waals surface area contributed by atoms with Gasteiger partial charge in [0.1, 0.15) is 42.1 Å². The zero-order chi connectivity index (χ0) is 37.3. The van der Waals surface area contributed by atoms with Gasteiger partial charge in [-0.1, -0.05) is 65.7 Å². The fourth-order valence-corrected chi connectivity index (χ4v) is 8.30. The molecule has 7 unspecified atom stereocenters. The molecule has 0 aromatic heterocycles. The number of methoxy groups -OCH3 is 1. The van der Waals surface area contributed by atoms with E-state index in [9.17, 15) is 29.4 Å². The molecule has 13 atom stereocenters. The summed E-state index contributed by atoms with van der Waals surface area (Å²) in [6, 6.07) is 0. The first kappa shape index (κ1) is 42.2. The molecule has 0 bridgehead atoms. The molecule has 3 heterocycles. The first-order valence-electron chi connectivity index (χ1n) is 20.2. The van der Waals surface area contributed by atoms with Gasteiger partial charge in [-0.05, 0) is 76.0 Å². The van der Waals surface area contributed by atoms with Crippen molar-refractivity contribution in [1.82, 2.24) is 0 Å². The Bertz CT molecular complexity index is 1160. The second-order valence-corrected chi connectivity index (χ2v) is 16.9. The van der Waals surface area contributed by atoms with E-state index in [1.807, 2.05) is 13.8 Å². The standard InChI is InChI=1S/C41H68O10/c1-25(18-20-30(43)16-10-9-14-29-15-12-17-31(23-29)48-6)32(44)24-33(45)26(2)19-21-34-37(49-34)38-39(50-38)40-41(5,51-40)22-11-7-8-13-27(3)35(46)36(47)28(4)42/h25-27,29,31-32,34-35,37-40,44,46H,7-24H2,1-6H3/t25?,26-,27-,29-,31+,32+,34?,35+,37?,38?,39?,40?,41?/m1/s1. The van der Waals surface area contributed by atoms with E-state index in [0.29, 0.717) is 38.2 Å². The summed E-state index contributed by atoms with van der Waals surface area (Å²) in [7, 11) is 1.80. The molecule has 4 aliphatic rings. The van der Waals surface area contributed by atoms with Crippen molar-refractivity contribution in [3.8, 4) is 0 Å². The van der Waals surface area contributed by atoms with Gasteiger partial charge in [0.2, 0.25) is 5.78 Å². The third-order valence-electron chi connectivity index (χ3n) is 12.5. The van der Waals surface area contributed by atoms with Gasteiger partial charge in [0.25, 0.3) is 0 Å². The summed E-state index contributed by atoms with van der Waals surface area (Å²) in [6.45, 7) is 8.99. The van der Waals surface area contributed by atoms with Crippen molar-refractivity contribution in [2.24, 2.45) is 23.7 Å². The monoisotopic (exact) mass is 720 g/mol. The number of hydrogen-bond acceptors (Lipinski definition) is 10. The molecule has 2 N–H and O–H groups in total. The molecule has 10 nitrogen and oxygen atoms in total. The molecule has 4 rings (SSSR count). The maximum absolute atomic E-state index is 12.9. The molecule has 0 spiro atoms. The van der Waals surface area contributed by atoms with Gasteiger partial charge in [0.15, 0.2) is 5.78 Å². The van der Waals surface area contributed by atoms with Gasteiger partial charge in [-0.25, -0.2) is 0 Å². The average Bonchev–Trinajstić information content (AvgIpc) is 4.03. The van der Waals surface area contributed by atoms with Crippen LogP contribution in [0.2, 0.25) is 0 Å². The number of hydrogen-bond donors (Lipinski definition) is 2. The quantitative estimate of drug-likeness (QED) is 0.0563. The minimum Gasteiger partial charge on any atom is -0.392 e. The van der Waals surface area contributed by atoms with Crippen molar-refractivity contribution in [2.75, 3.05) is 7.11 Å². The Labute approximate surface area is 306 Å². The maximum atomic E-state index is 12.9. The van der Waals surface area contributed by atoms with Crippen LogP contribution >= 0.6 is 0 Å².